The minimum absolute atomic E-state index is 0.0435. The highest BCUT2D eigenvalue weighted by atomic mass is 32.2. The number of hydrogen-bond acceptors (Lipinski definition) is 3. The Morgan fingerprint density at radius 2 is 1.40 bits per heavy atom. The molecule has 0 saturated heterocycles. The first-order valence-electron chi connectivity index (χ1n) is 11.8. The van der Waals surface area contributed by atoms with E-state index in [1.165, 1.54) is 9.87 Å². The third kappa shape index (κ3) is 6.51. The monoisotopic (exact) mass is 492 g/mol. The smallest absolute Gasteiger partial charge is 0.264 e. The van der Waals surface area contributed by atoms with Crippen molar-refractivity contribution in [1.29, 1.82) is 0 Å². The summed E-state index contributed by atoms with van der Waals surface area (Å²) >= 11 is 0. The van der Waals surface area contributed by atoms with Gasteiger partial charge in [0, 0.05) is 0 Å². The molecule has 1 atom stereocenters. The van der Waals surface area contributed by atoms with E-state index in [4.69, 9.17) is 0 Å². The fraction of sp³-hybridized carbons (Fsp3) is 0.345. The van der Waals surface area contributed by atoms with E-state index in [9.17, 15) is 13.2 Å². The Bertz CT molecular complexity index is 1270. The van der Waals surface area contributed by atoms with Crippen LogP contribution in [0.15, 0.2) is 71.6 Å². The van der Waals surface area contributed by atoms with Gasteiger partial charge in [-0.1, -0.05) is 68.8 Å². The third-order valence-corrected chi connectivity index (χ3v) is 7.83. The molecule has 0 radical (unpaired) electrons. The summed E-state index contributed by atoms with van der Waals surface area (Å²) in [6.45, 7) is 13.8. The van der Waals surface area contributed by atoms with E-state index in [1.54, 1.807) is 36.4 Å². The number of hydrogen-bond donors (Lipinski definition) is 1. The van der Waals surface area contributed by atoms with E-state index in [0.717, 1.165) is 22.3 Å². The van der Waals surface area contributed by atoms with E-state index in [1.807, 2.05) is 45.9 Å². The lowest BCUT2D eigenvalue weighted by atomic mass is 9.86. The molecule has 0 aliphatic carbocycles. The fourth-order valence-corrected chi connectivity index (χ4v) is 5.42. The summed E-state index contributed by atoms with van der Waals surface area (Å²) in [5.41, 5.74) is 5.51. The number of anilines is 1. The third-order valence-electron chi connectivity index (χ3n) is 6.04. The second-order valence-corrected chi connectivity index (χ2v) is 12.2. The normalized spacial score (nSPS) is 12.8. The average Bonchev–Trinajstić information content (AvgIpc) is 2.76. The predicted molar refractivity (Wildman–Crippen MR) is 143 cm³/mol. The number of carbonyl (C=O) groups is 1. The van der Waals surface area contributed by atoms with Crippen LogP contribution in [0.25, 0.3) is 0 Å². The largest absolute Gasteiger partial charge is 0.348 e. The van der Waals surface area contributed by atoms with Crippen LogP contribution in [0.5, 0.6) is 0 Å². The molecule has 1 amide bonds. The molecule has 0 spiro atoms. The van der Waals surface area contributed by atoms with Crippen molar-refractivity contribution in [2.75, 3.05) is 10.8 Å². The molecule has 0 aromatic heterocycles. The van der Waals surface area contributed by atoms with Gasteiger partial charge in [-0.25, -0.2) is 8.42 Å². The number of nitrogens with zero attached hydrogens (tertiary/aromatic N) is 1. The number of aryl methyl sites for hydroxylation is 3. The molecule has 0 saturated carbocycles. The van der Waals surface area contributed by atoms with Gasteiger partial charge in [0.1, 0.15) is 6.54 Å². The molecule has 0 unspecified atom stereocenters. The Morgan fingerprint density at radius 1 is 0.857 bits per heavy atom. The highest BCUT2D eigenvalue weighted by Gasteiger charge is 2.28. The minimum atomic E-state index is -3.95. The van der Waals surface area contributed by atoms with Gasteiger partial charge in [-0.3, -0.25) is 9.10 Å². The van der Waals surface area contributed by atoms with Gasteiger partial charge in [-0.05, 0) is 79.6 Å². The molecule has 35 heavy (non-hydrogen) atoms. The zero-order valence-electron chi connectivity index (χ0n) is 21.7. The van der Waals surface area contributed by atoms with Crippen molar-refractivity contribution in [2.45, 2.75) is 64.8 Å². The van der Waals surface area contributed by atoms with Crippen molar-refractivity contribution in [3.8, 4) is 0 Å². The fourth-order valence-electron chi connectivity index (χ4n) is 4.02. The van der Waals surface area contributed by atoms with Crippen LogP contribution < -0.4 is 9.62 Å². The van der Waals surface area contributed by atoms with Crippen LogP contribution in [-0.2, 0) is 20.2 Å². The summed E-state index contributed by atoms with van der Waals surface area (Å²) in [4.78, 5) is 13.3. The summed E-state index contributed by atoms with van der Waals surface area (Å²) in [5, 5.41) is 2.97. The first-order chi connectivity index (χ1) is 16.3. The van der Waals surface area contributed by atoms with Crippen LogP contribution >= 0.6 is 0 Å². The highest BCUT2D eigenvalue weighted by Crippen LogP contribution is 2.27. The minimum Gasteiger partial charge on any atom is -0.348 e. The summed E-state index contributed by atoms with van der Waals surface area (Å²) < 4.78 is 28.5. The van der Waals surface area contributed by atoms with Gasteiger partial charge < -0.3 is 5.32 Å². The molecular weight excluding hydrogens is 456 g/mol. The first kappa shape index (κ1) is 26.5. The molecular formula is C29H36N2O3S. The number of nitrogens with one attached hydrogen (secondary N) is 1. The molecule has 3 aromatic carbocycles. The number of carbonyl (C=O) groups excluding carboxylic acids is 1. The zero-order valence-corrected chi connectivity index (χ0v) is 22.5. The molecule has 1 N–H and O–H groups in total. The SMILES string of the molecule is Cc1ccc(S(=O)(=O)N(CC(=O)N[C@@H](C)c2ccc(C(C)(C)C)cc2)c2cc(C)cc(C)c2)cc1. The molecule has 5 nitrogen and oxygen atoms in total. The van der Waals surface area contributed by atoms with Crippen LogP contribution in [-0.4, -0.2) is 20.9 Å². The lowest BCUT2D eigenvalue weighted by molar-refractivity contribution is -0.120. The Balaban J connectivity index is 1.88. The molecule has 186 valence electrons. The second kappa shape index (κ2) is 10.2. The Hall–Kier alpha value is -3.12. The Morgan fingerprint density at radius 3 is 1.91 bits per heavy atom. The van der Waals surface area contributed by atoms with Crippen molar-refractivity contribution in [3.05, 3.63) is 94.5 Å². The maximum atomic E-state index is 13.6. The van der Waals surface area contributed by atoms with Gasteiger partial charge >= 0.3 is 0 Å². The summed E-state index contributed by atoms with van der Waals surface area (Å²) in [5.74, 6) is -0.368. The first-order valence-corrected chi connectivity index (χ1v) is 13.3. The van der Waals surface area contributed by atoms with Crippen molar-refractivity contribution in [1.82, 2.24) is 5.32 Å². The number of benzene rings is 3. The van der Waals surface area contributed by atoms with Crippen molar-refractivity contribution < 1.29 is 13.2 Å². The van der Waals surface area contributed by atoms with Gasteiger partial charge in [0.05, 0.1) is 16.6 Å². The van der Waals surface area contributed by atoms with Gasteiger partial charge in [0.25, 0.3) is 10.0 Å². The van der Waals surface area contributed by atoms with Crippen molar-refractivity contribution >= 4 is 21.6 Å². The summed E-state index contributed by atoms with van der Waals surface area (Å²) in [6, 6.07) is 20.1. The Kier molecular flexibility index (Phi) is 7.75. The predicted octanol–water partition coefficient (Wildman–Crippen LogP) is 5.98. The molecule has 3 aromatic rings. The average molecular weight is 493 g/mol. The highest BCUT2D eigenvalue weighted by molar-refractivity contribution is 7.92. The molecule has 0 fully saturated rings. The van der Waals surface area contributed by atoms with E-state index in [2.05, 4.69) is 38.2 Å². The van der Waals surface area contributed by atoms with Gasteiger partial charge in [-0.2, -0.15) is 0 Å². The van der Waals surface area contributed by atoms with Crippen LogP contribution in [0, 0.1) is 20.8 Å². The molecule has 3 rings (SSSR count). The molecule has 0 heterocycles. The number of rotatable bonds is 7. The van der Waals surface area contributed by atoms with Gasteiger partial charge in [0.15, 0.2) is 0 Å². The lowest BCUT2D eigenvalue weighted by Crippen LogP contribution is -2.41. The number of sulfonamides is 1. The van der Waals surface area contributed by atoms with Crippen LogP contribution in [0.3, 0.4) is 0 Å². The summed E-state index contributed by atoms with van der Waals surface area (Å²) in [6.07, 6.45) is 0. The van der Waals surface area contributed by atoms with Gasteiger partial charge in [-0.15, -0.1) is 0 Å². The van der Waals surface area contributed by atoms with E-state index < -0.39 is 10.0 Å². The van der Waals surface area contributed by atoms with Crippen molar-refractivity contribution in [3.63, 3.8) is 0 Å². The van der Waals surface area contributed by atoms with Gasteiger partial charge in [0.2, 0.25) is 5.91 Å². The molecule has 6 heteroatoms. The Labute approximate surface area is 210 Å². The quantitative estimate of drug-likeness (QED) is 0.441. The molecule has 0 aliphatic heterocycles. The zero-order chi connectivity index (χ0) is 26.0. The van der Waals surface area contributed by atoms with Crippen LogP contribution in [0.2, 0.25) is 0 Å². The van der Waals surface area contributed by atoms with E-state index in [-0.39, 0.29) is 28.8 Å². The van der Waals surface area contributed by atoms with E-state index in [0.29, 0.717) is 5.69 Å². The topological polar surface area (TPSA) is 66.5 Å². The van der Waals surface area contributed by atoms with Crippen molar-refractivity contribution in [2.24, 2.45) is 0 Å². The lowest BCUT2D eigenvalue weighted by Gasteiger charge is -2.26. The maximum Gasteiger partial charge on any atom is 0.264 e. The molecule has 0 bridgehead atoms. The van der Waals surface area contributed by atoms with E-state index >= 15 is 0 Å². The second-order valence-electron chi connectivity index (χ2n) is 10.3. The molecule has 0 aliphatic rings. The summed E-state index contributed by atoms with van der Waals surface area (Å²) in [7, 11) is -3.95. The standard InChI is InChI=1S/C29H36N2O3S/c1-20-8-14-27(15-9-20)35(33,34)31(26-17-21(2)16-22(3)18-26)19-28(32)30-23(4)24-10-12-25(13-11-24)29(5,6)7/h8-18,23H,19H2,1-7H3,(H,30,32)/t23-/m0/s1. The van der Waals surface area contributed by atoms with Crippen LogP contribution in [0.4, 0.5) is 5.69 Å². The van der Waals surface area contributed by atoms with Crippen LogP contribution in [0.1, 0.15) is 61.6 Å². The number of amides is 1. The maximum absolute atomic E-state index is 13.6.